The number of nitrogens with zero attached hydrogens (tertiary/aromatic N) is 1. The molecule has 0 spiro atoms. The van der Waals surface area contributed by atoms with Crippen LogP contribution < -0.4 is 15.5 Å². The smallest absolute Gasteiger partial charge is 0.259 e. The van der Waals surface area contributed by atoms with Crippen LogP contribution >= 0.6 is 15.9 Å². The molecule has 1 heterocycles. The van der Waals surface area contributed by atoms with Gasteiger partial charge in [0.25, 0.3) is 11.8 Å². The minimum absolute atomic E-state index is 0.175. The van der Waals surface area contributed by atoms with Gasteiger partial charge in [-0.15, -0.1) is 0 Å². The van der Waals surface area contributed by atoms with Gasteiger partial charge in [-0.2, -0.15) is 5.10 Å². The SMILES string of the molecule is Cc1ccc(-c2ccc(/C=N\NC(=O)CNC(=O)COc3c(C)cccc3C)o2)c(Br)c1. The topological polar surface area (TPSA) is 92.9 Å². The third-order valence-electron chi connectivity index (χ3n) is 4.60. The number of carbonyl (C=O) groups is 2. The van der Waals surface area contributed by atoms with Crippen molar-refractivity contribution in [3.63, 3.8) is 0 Å². The van der Waals surface area contributed by atoms with E-state index in [9.17, 15) is 9.59 Å². The minimum atomic E-state index is -0.463. The summed E-state index contributed by atoms with van der Waals surface area (Å²) in [5.41, 5.74) is 6.30. The standard InChI is InChI=1S/C24H24BrN3O4/c1-15-7-9-19(20(25)11-15)21-10-8-18(32-21)12-27-28-22(29)13-26-23(30)14-31-24-16(2)5-4-6-17(24)3/h4-12H,13-14H2,1-3H3,(H,26,30)(H,28,29)/b27-12-. The molecule has 0 fully saturated rings. The highest BCUT2D eigenvalue weighted by molar-refractivity contribution is 9.10. The number of furan rings is 1. The number of para-hydroxylation sites is 1. The first-order chi connectivity index (χ1) is 15.3. The predicted octanol–water partition coefficient (Wildman–Crippen LogP) is 4.28. The second-order valence-corrected chi connectivity index (χ2v) is 8.12. The van der Waals surface area contributed by atoms with E-state index in [0.717, 1.165) is 26.7 Å². The molecule has 0 saturated heterocycles. The zero-order valence-corrected chi connectivity index (χ0v) is 19.7. The van der Waals surface area contributed by atoms with Gasteiger partial charge >= 0.3 is 0 Å². The summed E-state index contributed by atoms with van der Waals surface area (Å²) in [5.74, 6) is 0.979. The van der Waals surface area contributed by atoms with E-state index in [2.05, 4.69) is 31.8 Å². The quantitative estimate of drug-likeness (QED) is 0.358. The Balaban J connectivity index is 1.44. The van der Waals surface area contributed by atoms with Gasteiger partial charge in [0.05, 0.1) is 12.8 Å². The number of hydrogen-bond donors (Lipinski definition) is 2. The third-order valence-corrected chi connectivity index (χ3v) is 5.26. The van der Waals surface area contributed by atoms with E-state index in [1.807, 2.05) is 63.2 Å². The van der Waals surface area contributed by atoms with Crippen LogP contribution in [0.25, 0.3) is 11.3 Å². The Kier molecular flexibility index (Phi) is 7.83. The van der Waals surface area contributed by atoms with Gasteiger partial charge in [-0.25, -0.2) is 5.43 Å². The van der Waals surface area contributed by atoms with Crippen molar-refractivity contribution < 1.29 is 18.7 Å². The zero-order valence-electron chi connectivity index (χ0n) is 18.1. The highest BCUT2D eigenvalue weighted by atomic mass is 79.9. The fourth-order valence-electron chi connectivity index (χ4n) is 2.99. The Morgan fingerprint density at radius 2 is 1.81 bits per heavy atom. The second kappa shape index (κ2) is 10.8. The summed E-state index contributed by atoms with van der Waals surface area (Å²) in [5, 5.41) is 6.37. The van der Waals surface area contributed by atoms with Crippen molar-refractivity contribution in [3.8, 4) is 17.1 Å². The summed E-state index contributed by atoms with van der Waals surface area (Å²) in [6.45, 7) is 5.44. The van der Waals surface area contributed by atoms with Gasteiger partial charge in [-0.1, -0.05) is 40.2 Å². The number of carbonyl (C=O) groups excluding carboxylic acids is 2. The predicted molar refractivity (Wildman–Crippen MR) is 127 cm³/mol. The normalized spacial score (nSPS) is 10.9. The van der Waals surface area contributed by atoms with E-state index < -0.39 is 11.8 Å². The van der Waals surface area contributed by atoms with Gasteiger partial charge in [0.15, 0.2) is 6.61 Å². The van der Waals surface area contributed by atoms with E-state index in [1.165, 1.54) is 6.21 Å². The zero-order chi connectivity index (χ0) is 23.1. The summed E-state index contributed by atoms with van der Waals surface area (Å²) in [7, 11) is 0. The Labute approximate surface area is 195 Å². The van der Waals surface area contributed by atoms with Crippen LogP contribution in [0.3, 0.4) is 0 Å². The van der Waals surface area contributed by atoms with Crippen molar-refractivity contribution in [2.24, 2.45) is 5.10 Å². The lowest BCUT2D eigenvalue weighted by molar-refractivity contribution is -0.127. The summed E-state index contributed by atoms with van der Waals surface area (Å²) in [4.78, 5) is 23.9. The van der Waals surface area contributed by atoms with Crippen molar-refractivity contribution in [2.75, 3.05) is 13.2 Å². The molecule has 2 aromatic carbocycles. The molecule has 3 rings (SSSR count). The number of amides is 2. The van der Waals surface area contributed by atoms with Crippen molar-refractivity contribution in [1.29, 1.82) is 0 Å². The molecule has 2 amide bonds. The van der Waals surface area contributed by atoms with Crippen molar-refractivity contribution in [1.82, 2.24) is 10.7 Å². The lowest BCUT2D eigenvalue weighted by Crippen LogP contribution is -2.37. The maximum Gasteiger partial charge on any atom is 0.259 e. The summed E-state index contributed by atoms with van der Waals surface area (Å²) in [6.07, 6.45) is 1.40. The fourth-order valence-corrected chi connectivity index (χ4v) is 3.68. The van der Waals surface area contributed by atoms with Crippen LogP contribution in [0.5, 0.6) is 5.75 Å². The molecule has 0 radical (unpaired) electrons. The molecule has 0 saturated carbocycles. The van der Waals surface area contributed by atoms with Gasteiger partial charge in [0.1, 0.15) is 17.3 Å². The molecule has 166 valence electrons. The largest absolute Gasteiger partial charge is 0.483 e. The molecule has 0 aliphatic heterocycles. The molecule has 0 aliphatic rings. The van der Waals surface area contributed by atoms with E-state index in [1.54, 1.807) is 6.07 Å². The number of hydrazone groups is 1. The van der Waals surface area contributed by atoms with Gasteiger partial charge in [-0.3, -0.25) is 9.59 Å². The van der Waals surface area contributed by atoms with Gasteiger partial charge in [0.2, 0.25) is 0 Å². The number of benzene rings is 2. The molecule has 0 unspecified atom stereocenters. The minimum Gasteiger partial charge on any atom is -0.483 e. The number of hydrogen-bond acceptors (Lipinski definition) is 5. The number of rotatable bonds is 8. The maximum atomic E-state index is 12.0. The summed E-state index contributed by atoms with van der Waals surface area (Å²) in [6, 6.07) is 15.3. The first kappa shape index (κ1) is 23.3. The maximum absolute atomic E-state index is 12.0. The number of ether oxygens (including phenoxy) is 1. The van der Waals surface area contributed by atoms with Crippen LogP contribution in [0, 0.1) is 20.8 Å². The first-order valence-corrected chi connectivity index (χ1v) is 10.8. The average Bonchev–Trinajstić information content (AvgIpc) is 3.20. The summed E-state index contributed by atoms with van der Waals surface area (Å²) < 4.78 is 12.2. The molecule has 8 heteroatoms. The molecule has 2 N–H and O–H groups in total. The molecule has 7 nitrogen and oxygen atoms in total. The van der Waals surface area contributed by atoms with Crippen LogP contribution in [0.4, 0.5) is 0 Å². The second-order valence-electron chi connectivity index (χ2n) is 7.26. The van der Waals surface area contributed by atoms with Crippen molar-refractivity contribution >= 4 is 34.0 Å². The molecule has 1 aromatic heterocycles. The van der Waals surface area contributed by atoms with Crippen molar-refractivity contribution in [3.05, 3.63) is 75.5 Å². The van der Waals surface area contributed by atoms with Gasteiger partial charge < -0.3 is 14.5 Å². The Hall–Kier alpha value is -3.39. The number of aryl methyl sites for hydroxylation is 3. The highest BCUT2D eigenvalue weighted by Gasteiger charge is 2.10. The van der Waals surface area contributed by atoms with E-state index in [4.69, 9.17) is 9.15 Å². The van der Waals surface area contributed by atoms with Crippen LogP contribution in [-0.2, 0) is 9.59 Å². The molecule has 3 aromatic rings. The number of nitrogens with one attached hydrogen (secondary N) is 2. The molecule has 0 bridgehead atoms. The molecular weight excluding hydrogens is 474 g/mol. The lowest BCUT2D eigenvalue weighted by atomic mass is 10.1. The monoisotopic (exact) mass is 497 g/mol. The fraction of sp³-hybridized carbons (Fsp3) is 0.208. The Bertz CT molecular complexity index is 1130. The van der Waals surface area contributed by atoms with Crippen LogP contribution in [0.15, 0.2) is 62.5 Å². The van der Waals surface area contributed by atoms with E-state index in [0.29, 0.717) is 17.3 Å². The molecule has 0 atom stereocenters. The van der Waals surface area contributed by atoms with Crippen LogP contribution in [0.1, 0.15) is 22.5 Å². The number of halogens is 1. The molecular formula is C24H24BrN3O4. The van der Waals surface area contributed by atoms with E-state index >= 15 is 0 Å². The first-order valence-electron chi connectivity index (χ1n) is 9.97. The Morgan fingerprint density at radius 3 is 2.53 bits per heavy atom. The van der Waals surface area contributed by atoms with Crippen LogP contribution in [0.2, 0.25) is 0 Å². The third kappa shape index (κ3) is 6.31. The lowest BCUT2D eigenvalue weighted by Gasteiger charge is -2.11. The Morgan fingerprint density at radius 1 is 1.06 bits per heavy atom. The van der Waals surface area contributed by atoms with Gasteiger partial charge in [0, 0.05) is 10.0 Å². The average molecular weight is 498 g/mol. The van der Waals surface area contributed by atoms with Crippen LogP contribution in [-0.4, -0.2) is 31.2 Å². The molecule has 0 aliphatic carbocycles. The van der Waals surface area contributed by atoms with Gasteiger partial charge in [-0.05, 0) is 61.7 Å². The molecule has 32 heavy (non-hydrogen) atoms. The van der Waals surface area contributed by atoms with Crippen molar-refractivity contribution in [2.45, 2.75) is 20.8 Å². The summed E-state index contributed by atoms with van der Waals surface area (Å²) >= 11 is 3.53. The van der Waals surface area contributed by atoms with E-state index in [-0.39, 0.29) is 13.2 Å². The highest BCUT2D eigenvalue weighted by Crippen LogP contribution is 2.30.